The molecular weight excluding hydrogens is 364 g/mol. The fourth-order valence-electron chi connectivity index (χ4n) is 3.67. The predicted molar refractivity (Wildman–Crippen MR) is 113 cm³/mol. The fourth-order valence-corrected chi connectivity index (χ4v) is 3.67. The third kappa shape index (κ3) is 3.61. The lowest BCUT2D eigenvalue weighted by molar-refractivity contribution is -0.136. The predicted octanol–water partition coefficient (Wildman–Crippen LogP) is 4.77. The molecule has 3 aromatic carbocycles. The van der Waals surface area contributed by atoms with Gasteiger partial charge in [-0.25, -0.2) is 4.79 Å². The van der Waals surface area contributed by atoms with Gasteiger partial charge in [0.2, 0.25) is 0 Å². The van der Waals surface area contributed by atoms with Gasteiger partial charge in [-0.05, 0) is 41.0 Å². The second-order valence-corrected chi connectivity index (χ2v) is 6.54. The van der Waals surface area contributed by atoms with E-state index in [1.807, 2.05) is 78.9 Å². The molecule has 0 aliphatic heterocycles. The van der Waals surface area contributed by atoms with Gasteiger partial charge in [-0.1, -0.05) is 61.2 Å². The van der Waals surface area contributed by atoms with Crippen LogP contribution in [0.25, 0.3) is 0 Å². The van der Waals surface area contributed by atoms with Gasteiger partial charge in [-0.3, -0.25) is 0 Å². The molecule has 29 heavy (non-hydrogen) atoms. The lowest BCUT2D eigenvalue weighted by Gasteiger charge is -2.36. The van der Waals surface area contributed by atoms with Crippen LogP contribution in [-0.2, 0) is 14.9 Å². The standard InChI is InChI=1S/C25H24O4/c1-18(24(26)29-4)25(19-8-6-5-7-9-19,20-10-14-22(27-2)15-11-20)21-12-16-23(28-3)17-13-21/h5-17H,1H2,2-4H3. The summed E-state index contributed by atoms with van der Waals surface area (Å²) in [6, 6.07) is 25.1. The molecule has 0 unspecified atom stereocenters. The number of carbonyl (C=O) groups is 1. The summed E-state index contributed by atoms with van der Waals surface area (Å²) in [7, 11) is 4.61. The van der Waals surface area contributed by atoms with Crippen LogP contribution in [-0.4, -0.2) is 27.3 Å². The van der Waals surface area contributed by atoms with Crippen LogP contribution in [0.3, 0.4) is 0 Å². The van der Waals surface area contributed by atoms with Gasteiger partial charge in [-0.2, -0.15) is 0 Å². The molecule has 3 aromatic rings. The van der Waals surface area contributed by atoms with Crippen LogP contribution in [0.1, 0.15) is 16.7 Å². The Balaban J connectivity index is 2.36. The summed E-state index contributed by atoms with van der Waals surface area (Å²) in [5.74, 6) is 0.990. The van der Waals surface area contributed by atoms with Crippen molar-refractivity contribution in [2.75, 3.05) is 21.3 Å². The van der Waals surface area contributed by atoms with E-state index >= 15 is 0 Å². The lowest BCUT2D eigenvalue weighted by atomic mass is 9.65. The fraction of sp³-hybridized carbons (Fsp3) is 0.160. The molecular formula is C25H24O4. The van der Waals surface area contributed by atoms with E-state index in [1.165, 1.54) is 7.11 Å². The van der Waals surface area contributed by atoms with Gasteiger partial charge >= 0.3 is 5.97 Å². The largest absolute Gasteiger partial charge is 0.497 e. The Morgan fingerprint density at radius 2 is 1.10 bits per heavy atom. The van der Waals surface area contributed by atoms with Crippen LogP contribution in [0, 0.1) is 0 Å². The van der Waals surface area contributed by atoms with Crippen molar-refractivity contribution in [2.24, 2.45) is 0 Å². The molecule has 0 amide bonds. The van der Waals surface area contributed by atoms with E-state index in [-0.39, 0.29) is 0 Å². The molecule has 0 heterocycles. The first-order valence-corrected chi connectivity index (χ1v) is 9.20. The average Bonchev–Trinajstić information content (AvgIpc) is 2.80. The number of benzene rings is 3. The normalized spacial score (nSPS) is 10.9. The van der Waals surface area contributed by atoms with Crippen LogP contribution in [0.5, 0.6) is 11.5 Å². The van der Waals surface area contributed by atoms with Crippen molar-refractivity contribution < 1.29 is 19.0 Å². The summed E-state index contributed by atoms with van der Waals surface area (Å²) in [6.07, 6.45) is 0. The quantitative estimate of drug-likeness (QED) is 0.332. The summed E-state index contributed by atoms with van der Waals surface area (Å²) < 4.78 is 15.7. The van der Waals surface area contributed by atoms with Crippen LogP contribution in [0.4, 0.5) is 0 Å². The van der Waals surface area contributed by atoms with Gasteiger partial charge in [0, 0.05) is 5.57 Å². The highest BCUT2D eigenvalue weighted by Gasteiger charge is 2.42. The minimum atomic E-state index is -0.938. The average molecular weight is 388 g/mol. The molecule has 4 nitrogen and oxygen atoms in total. The Bertz CT molecular complexity index is 926. The number of methoxy groups -OCH3 is 3. The number of rotatable bonds is 7. The molecule has 0 bridgehead atoms. The van der Waals surface area contributed by atoms with Crippen LogP contribution in [0.15, 0.2) is 91.0 Å². The Hall–Kier alpha value is -3.53. The Kier molecular flexibility index (Phi) is 6.03. The molecule has 0 atom stereocenters. The van der Waals surface area contributed by atoms with E-state index in [0.29, 0.717) is 5.57 Å². The topological polar surface area (TPSA) is 44.8 Å². The SMILES string of the molecule is C=C(C(=O)OC)C(c1ccccc1)(c1ccc(OC)cc1)c1ccc(OC)cc1. The minimum absolute atomic E-state index is 0.321. The van der Waals surface area contributed by atoms with Crippen molar-refractivity contribution in [2.45, 2.75) is 5.41 Å². The number of carbonyl (C=O) groups excluding carboxylic acids is 1. The summed E-state index contributed by atoms with van der Waals surface area (Å²) in [4.78, 5) is 12.8. The highest BCUT2D eigenvalue weighted by atomic mass is 16.5. The van der Waals surface area contributed by atoms with Gasteiger partial charge in [0.25, 0.3) is 0 Å². The van der Waals surface area contributed by atoms with E-state index < -0.39 is 11.4 Å². The van der Waals surface area contributed by atoms with Crippen molar-refractivity contribution in [3.05, 3.63) is 108 Å². The van der Waals surface area contributed by atoms with Crippen molar-refractivity contribution in [1.82, 2.24) is 0 Å². The molecule has 0 aromatic heterocycles. The van der Waals surface area contributed by atoms with E-state index in [4.69, 9.17) is 14.2 Å². The van der Waals surface area contributed by atoms with Gasteiger partial charge in [0.15, 0.2) is 0 Å². The zero-order valence-corrected chi connectivity index (χ0v) is 16.8. The smallest absolute Gasteiger partial charge is 0.334 e. The lowest BCUT2D eigenvalue weighted by Crippen LogP contribution is -2.35. The van der Waals surface area contributed by atoms with E-state index in [1.54, 1.807) is 14.2 Å². The molecule has 0 saturated carbocycles. The first-order chi connectivity index (χ1) is 14.1. The van der Waals surface area contributed by atoms with E-state index in [2.05, 4.69) is 6.58 Å². The molecule has 3 rings (SSSR count). The molecule has 0 N–H and O–H groups in total. The minimum Gasteiger partial charge on any atom is -0.497 e. The Morgan fingerprint density at radius 1 is 0.690 bits per heavy atom. The molecule has 0 fully saturated rings. The van der Waals surface area contributed by atoms with Crippen LogP contribution < -0.4 is 9.47 Å². The zero-order valence-electron chi connectivity index (χ0n) is 16.8. The molecule has 148 valence electrons. The van der Waals surface area contributed by atoms with Crippen molar-refractivity contribution in [1.29, 1.82) is 0 Å². The summed E-state index contributed by atoms with van der Waals surface area (Å²) >= 11 is 0. The Morgan fingerprint density at radius 3 is 1.48 bits per heavy atom. The molecule has 4 heteroatoms. The van der Waals surface area contributed by atoms with Gasteiger partial charge in [-0.15, -0.1) is 0 Å². The molecule has 0 saturated heterocycles. The van der Waals surface area contributed by atoms with E-state index in [9.17, 15) is 4.79 Å². The highest BCUT2D eigenvalue weighted by molar-refractivity contribution is 5.93. The maximum atomic E-state index is 12.8. The second-order valence-electron chi connectivity index (χ2n) is 6.54. The molecule has 0 aliphatic carbocycles. The maximum absolute atomic E-state index is 12.8. The first kappa shape index (κ1) is 20.2. The van der Waals surface area contributed by atoms with Gasteiger partial charge in [0.05, 0.1) is 26.7 Å². The van der Waals surface area contributed by atoms with E-state index in [0.717, 1.165) is 28.2 Å². The number of esters is 1. The molecule has 0 aliphatic rings. The van der Waals surface area contributed by atoms with Crippen molar-refractivity contribution in [3.8, 4) is 11.5 Å². The van der Waals surface area contributed by atoms with Crippen LogP contribution in [0.2, 0.25) is 0 Å². The van der Waals surface area contributed by atoms with Gasteiger partial charge < -0.3 is 14.2 Å². The summed E-state index contributed by atoms with van der Waals surface area (Å²) in [5, 5.41) is 0. The van der Waals surface area contributed by atoms with Crippen molar-refractivity contribution >= 4 is 5.97 Å². The summed E-state index contributed by atoms with van der Waals surface area (Å²) in [5.41, 5.74) is 2.05. The zero-order chi connectivity index (χ0) is 20.9. The second kappa shape index (κ2) is 8.65. The molecule has 0 spiro atoms. The number of ether oxygens (including phenoxy) is 3. The van der Waals surface area contributed by atoms with Gasteiger partial charge in [0.1, 0.15) is 11.5 Å². The monoisotopic (exact) mass is 388 g/mol. The van der Waals surface area contributed by atoms with Crippen molar-refractivity contribution in [3.63, 3.8) is 0 Å². The first-order valence-electron chi connectivity index (χ1n) is 9.20. The maximum Gasteiger partial charge on any atom is 0.334 e. The number of hydrogen-bond donors (Lipinski definition) is 0. The Labute approximate surface area is 171 Å². The number of hydrogen-bond acceptors (Lipinski definition) is 4. The highest BCUT2D eigenvalue weighted by Crippen LogP contribution is 2.45. The molecule has 0 radical (unpaired) electrons. The third-order valence-electron chi connectivity index (χ3n) is 5.14. The van der Waals surface area contributed by atoms with Crippen LogP contribution >= 0.6 is 0 Å². The summed E-state index contributed by atoms with van der Waals surface area (Å²) in [6.45, 7) is 4.18. The third-order valence-corrected chi connectivity index (χ3v) is 5.14.